The molecule has 0 bridgehead atoms. The first-order valence-corrected chi connectivity index (χ1v) is 9.03. The summed E-state index contributed by atoms with van der Waals surface area (Å²) >= 11 is 6.02. The Morgan fingerprint density at radius 3 is 2.50 bits per heavy atom. The maximum absolute atomic E-state index is 12.8. The van der Waals surface area contributed by atoms with Crippen molar-refractivity contribution in [3.63, 3.8) is 0 Å². The van der Waals surface area contributed by atoms with Crippen molar-refractivity contribution in [1.29, 1.82) is 0 Å². The Balaban J connectivity index is 1.75. The van der Waals surface area contributed by atoms with Gasteiger partial charge in [-0.2, -0.15) is 9.90 Å². The van der Waals surface area contributed by atoms with Crippen molar-refractivity contribution in [3.05, 3.63) is 76.1 Å². The molecule has 0 unspecified atom stereocenters. The second-order valence-electron chi connectivity index (χ2n) is 6.34. The third-order valence-electron chi connectivity index (χ3n) is 4.23. The van der Waals surface area contributed by atoms with E-state index in [0.29, 0.717) is 28.5 Å². The predicted molar refractivity (Wildman–Crippen MR) is 107 cm³/mol. The van der Waals surface area contributed by atoms with Crippen molar-refractivity contribution in [1.82, 2.24) is 25.2 Å². The Kier molecular flexibility index (Phi) is 5.75. The van der Waals surface area contributed by atoms with Crippen LogP contribution in [0.5, 0.6) is 0 Å². The van der Waals surface area contributed by atoms with Gasteiger partial charge >= 0.3 is 0 Å². The molecular formula is C20H20ClN5O2. The molecule has 7 nitrogen and oxygen atoms in total. The third-order valence-corrected chi connectivity index (χ3v) is 4.47. The molecule has 2 aromatic carbocycles. The summed E-state index contributed by atoms with van der Waals surface area (Å²) in [6, 6.07) is 14.2. The maximum atomic E-state index is 12.8. The molecule has 3 rings (SSSR count). The van der Waals surface area contributed by atoms with Gasteiger partial charge in [0.05, 0.1) is 11.4 Å². The lowest BCUT2D eigenvalue weighted by Crippen LogP contribution is -2.27. The first kappa shape index (κ1) is 19.6. The number of aromatic nitrogens is 3. The molecule has 0 aliphatic rings. The minimum Gasteiger partial charge on any atom is -0.355 e. The van der Waals surface area contributed by atoms with Gasteiger partial charge in [-0.25, -0.2) is 0 Å². The number of nitrogens with zero attached hydrogens (tertiary/aromatic N) is 4. The zero-order chi connectivity index (χ0) is 20.3. The number of rotatable bonds is 5. The summed E-state index contributed by atoms with van der Waals surface area (Å²) in [5.74, 6) is -0.384. The van der Waals surface area contributed by atoms with Crippen LogP contribution in [0.3, 0.4) is 0 Å². The molecule has 0 fully saturated rings. The first-order valence-electron chi connectivity index (χ1n) is 8.65. The molecule has 1 aromatic heterocycles. The van der Waals surface area contributed by atoms with E-state index in [0.717, 1.165) is 5.56 Å². The van der Waals surface area contributed by atoms with Gasteiger partial charge in [0.25, 0.3) is 11.8 Å². The first-order chi connectivity index (χ1) is 13.4. The van der Waals surface area contributed by atoms with Gasteiger partial charge in [-0.15, -0.1) is 5.10 Å². The summed E-state index contributed by atoms with van der Waals surface area (Å²) in [7, 11) is 3.29. The van der Waals surface area contributed by atoms with Crippen LogP contribution < -0.4 is 5.32 Å². The zero-order valence-electron chi connectivity index (χ0n) is 15.8. The number of benzene rings is 2. The van der Waals surface area contributed by atoms with Crippen molar-refractivity contribution in [2.45, 2.75) is 13.5 Å². The van der Waals surface area contributed by atoms with Gasteiger partial charge in [0.2, 0.25) is 0 Å². The lowest BCUT2D eigenvalue weighted by molar-refractivity contribution is 0.0777. The second-order valence-corrected chi connectivity index (χ2v) is 6.78. The summed E-state index contributed by atoms with van der Waals surface area (Å²) in [4.78, 5) is 27.4. The van der Waals surface area contributed by atoms with Crippen molar-refractivity contribution in [2.75, 3.05) is 14.1 Å². The lowest BCUT2D eigenvalue weighted by Gasteiger charge is -2.16. The highest BCUT2D eigenvalue weighted by Gasteiger charge is 2.20. The zero-order valence-corrected chi connectivity index (χ0v) is 16.6. The molecule has 144 valence electrons. The van der Waals surface area contributed by atoms with Crippen molar-refractivity contribution in [3.8, 4) is 5.69 Å². The third kappa shape index (κ3) is 4.20. The van der Waals surface area contributed by atoms with Crippen LogP contribution in [0.1, 0.15) is 32.1 Å². The molecule has 0 aliphatic carbocycles. The van der Waals surface area contributed by atoms with Crippen LogP contribution in [0.2, 0.25) is 5.02 Å². The van der Waals surface area contributed by atoms with E-state index in [1.165, 1.54) is 4.80 Å². The van der Waals surface area contributed by atoms with E-state index >= 15 is 0 Å². The Labute approximate surface area is 167 Å². The highest BCUT2D eigenvalue weighted by Crippen LogP contribution is 2.16. The topological polar surface area (TPSA) is 80.1 Å². The Bertz CT molecular complexity index is 1010. The molecule has 0 spiro atoms. The van der Waals surface area contributed by atoms with Crippen LogP contribution in [-0.2, 0) is 6.54 Å². The Morgan fingerprint density at radius 1 is 1.14 bits per heavy atom. The molecular weight excluding hydrogens is 378 g/mol. The molecule has 0 radical (unpaired) electrons. The van der Waals surface area contributed by atoms with E-state index in [9.17, 15) is 9.59 Å². The number of hydrogen-bond donors (Lipinski definition) is 1. The number of nitrogens with one attached hydrogen (secondary N) is 1. The van der Waals surface area contributed by atoms with Gasteiger partial charge < -0.3 is 10.2 Å². The van der Waals surface area contributed by atoms with Gasteiger partial charge in [0, 0.05) is 31.2 Å². The van der Waals surface area contributed by atoms with E-state index in [2.05, 4.69) is 15.5 Å². The number of carbonyl (C=O) groups is 2. The summed E-state index contributed by atoms with van der Waals surface area (Å²) in [6.07, 6.45) is 0. The van der Waals surface area contributed by atoms with E-state index in [1.807, 2.05) is 18.2 Å². The number of aryl methyl sites for hydroxylation is 1. The average Bonchev–Trinajstić information content (AvgIpc) is 3.09. The minimum absolute atomic E-state index is 0.149. The fourth-order valence-corrected chi connectivity index (χ4v) is 2.91. The number of amides is 2. The largest absolute Gasteiger partial charge is 0.355 e. The molecule has 8 heteroatoms. The molecule has 0 saturated heterocycles. The number of carbonyl (C=O) groups excluding carboxylic acids is 2. The molecule has 0 saturated carbocycles. The normalized spacial score (nSPS) is 10.6. The van der Waals surface area contributed by atoms with Gasteiger partial charge in [-0.05, 0) is 42.8 Å². The fourth-order valence-electron chi connectivity index (χ4n) is 2.72. The van der Waals surface area contributed by atoms with Crippen LogP contribution in [0, 0.1) is 6.92 Å². The molecule has 1 N–H and O–H groups in total. The summed E-state index contributed by atoms with van der Waals surface area (Å²) < 4.78 is 0. The number of halogens is 1. The predicted octanol–water partition coefficient (Wildman–Crippen LogP) is 2.86. The molecule has 28 heavy (non-hydrogen) atoms. The van der Waals surface area contributed by atoms with E-state index in [-0.39, 0.29) is 17.5 Å². The number of hydrogen-bond acceptors (Lipinski definition) is 4. The van der Waals surface area contributed by atoms with Crippen LogP contribution >= 0.6 is 11.6 Å². The SMILES string of the molecule is CNC(=O)c1ccc(CN(C)C(=O)c2nn(-c3cccc(Cl)c3)nc2C)cc1. The maximum Gasteiger partial charge on any atom is 0.276 e. The van der Waals surface area contributed by atoms with E-state index in [4.69, 9.17) is 11.6 Å². The monoisotopic (exact) mass is 397 g/mol. The molecule has 1 heterocycles. The quantitative estimate of drug-likeness (QED) is 0.717. The lowest BCUT2D eigenvalue weighted by atomic mass is 10.1. The van der Waals surface area contributed by atoms with Crippen molar-refractivity contribution >= 4 is 23.4 Å². The van der Waals surface area contributed by atoms with Crippen LogP contribution in [0.4, 0.5) is 0 Å². The Morgan fingerprint density at radius 2 is 1.86 bits per heavy atom. The molecule has 3 aromatic rings. The van der Waals surface area contributed by atoms with Gasteiger partial charge in [0.1, 0.15) is 0 Å². The van der Waals surface area contributed by atoms with Crippen molar-refractivity contribution < 1.29 is 9.59 Å². The Hall–Kier alpha value is -3.19. The molecule has 2 amide bonds. The average molecular weight is 398 g/mol. The highest BCUT2D eigenvalue weighted by atomic mass is 35.5. The summed E-state index contributed by atoms with van der Waals surface area (Å²) in [5, 5.41) is 11.8. The van der Waals surface area contributed by atoms with Crippen molar-refractivity contribution in [2.24, 2.45) is 0 Å². The van der Waals surface area contributed by atoms with Gasteiger partial charge in [-0.3, -0.25) is 9.59 Å². The van der Waals surface area contributed by atoms with E-state index < -0.39 is 0 Å². The molecule has 0 aliphatic heterocycles. The smallest absolute Gasteiger partial charge is 0.276 e. The molecule has 0 atom stereocenters. The highest BCUT2D eigenvalue weighted by molar-refractivity contribution is 6.30. The summed E-state index contributed by atoms with van der Waals surface area (Å²) in [6.45, 7) is 2.13. The van der Waals surface area contributed by atoms with Crippen LogP contribution in [-0.4, -0.2) is 45.8 Å². The standard InChI is InChI=1S/C20H20ClN5O2/c1-13-18(24-26(23-13)17-6-4-5-16(21)11-17)20(28)25(3)12-14-7-9-15(10-8-14)19(27)22-2/h4-11H,12H2,1-3H3,(H,22,27). The fraction of sp³-hybridized carbons (Fsp3) is 0.200. The second kappa shape index (κ2) is 8.22. The van der Waals surface area contributed by atoms with Gasteiger partial charge in [0.15, 0.2) is 5.69 Å². The van der Waals surface area contributed by atoms with Crippen LogP contribution in [0.15, 0.2) is 48.5 Å². The van der Waals surface area contributed by atoms with E-state index in [1.54, 1.807) is 56.3 Å². The van der Waals surface area contributed by atoms with Gasteiger partial charge in [-0.1, -0.05) is 29.8 Å². The minimum atomic E-state index is -0.235. The summed E-state index contributed by atoms with van der Waals surface area (Å²) in [5.41, 5.74) is 2.97. The van der Waals surface area contributed by atoms with Crippen LogP contribution in [0.25, 0.3) is 5.69 Å².